The van der Waals surface area contributed by atoms with Gasteiger partial charge in [-0.2, -0.15) is 0 Å². The summed E-state index contributed by atoms with van der Waals surface area (Å²) in [5.41, 5.74) is -0.293. The molecule has 0 aliphatic carbocycles. The molecule has 5 nitrogen and oxygen atoms in total. The van der Waals surface area contributed by atoms with Gasteiger partial charge in [0.05, 0.1) is 24.4 Å². The van der Waals surface area contributed by atoms with Crippen molar-refractivity contribution in [2.45, 2.75) is 45.9 Å². The van der Waals surface area contributed by atoms with Gasteiger partial charge in [0.2, 0.25) is 0 Å². The zero-order valence-electron chi connectivity index (χ0n) is 9.68. The molecular formula is C10H19N3O2. The van der Waals surface area contributed by atoms with E-state index < -0.39 is 11.7 Å². The van der Waals surface area contributed by atoms with E-state index in [-0.39, 0.29) is 5.92 Å². The monoisotopic (exact) mass is 213 g/mol. The lowest BCUT2D eigenvalue weighted by Gasteiger charge is -2.27. The van der Waals surface area contributed by atoms with Gasteiger partial charge < -0.3 is 10.2 Å². The Kier molecular flexibility index (Phi) is 3.46. The minimum absolute atomic E-state index is 0.136. The highest BCUT2D eigenvalue weighted by molar-refractivity contribution is 4.96. The number of aliphatic hydroxyl groups excluding tert-OH is 1. The molecule has 5 heteroatoms. The van der Waals surface area contributed by atoms with Crippen LogP contribution in [0.25, 0.3) is 0 Å². The number of nitrogens with zero attached hydrogens (tertiary/aromatic N) is 3. The van der Waals surface area contributed by atoms with E-state index in [1.165, 1.54) is 0 Å². The van der Waals surface area contributed by atoms with Crippen LogP contribution in [0.5, 0.6) is 0 Å². The van der Waals surface area contributed by atoms with E-state index in [9.17, 15) is 10.2 Å². The van der Waals surface area contributed by atoms with E-state index >= 15 is 0 Å². The Hall–Kier alpha value is -0.940. The van der Waals surface area contributed by atoms with Gasteiger partial charge in [0.15, 0.2) is 0 Å². The van der Waals surface area contributed by atoms with Crippen LogP contribution in [0.15, 0.2) is 6.20 Å². The fourth-order valence-corrected chi connectivity index (χ4v) is 1.09. The van der Waals surface area contributed by atoms with Gasteiger partial charge in [-0.25, -0.2) is 4.68 Å². The van der Waals surface area contributed by atoms with Gasteiger partial charge in [-0.3, -0.25) is 0 Å². The molecule has 0 amide bonds. The first-order chi connectivity index (χ1) is 6.83. The van der Waals surface area contributed by atoms with Gasteiger partial charge in [0, 0.05) is 0 Å². The molecule has 2 atom stereocenters. The number of hydrogen-bond donors (Lipinski definition) is 2. The maximum atomic E-state index is 10.0. The Labute approximate surface area is 89.7 Å². The molecule has 1 aromatic rings. The summed E-state index contributed by atoms with van der Waals surface area (Å²) in [6.45, 7) is 7.68. The highest BCUT2D eigenvalue weighted by Gasteiger charge is 2.26. The van der Waals surface area contributed by atoms with Crippen LogP contribution in [0.3, 0.4) is 0 Å². The molecule has 1 rings (SSSR count). The van der Waals surface area contributed by atoms with Crippen LogP contribution >= 0.6 is 0 Å². The van der Waals surface area contributed by atoms with E-state index in [1.54, 1.807) is 24.7 Å². The number of rotatable bonds is 4. The molecule has 0 saturated carbocycles. The summed E-state index contributed by atoms with van der Waals surface area (Å²) in [4.78, 5) is 0. The standard InChI is InChI=1S/C10H19N3O2/c1-7(2)10(4,15)6-13-5-9(8(3)14)11-12-13/h5,7-8,14-15H,6H2,1-4H3. The minimum atomic E-state index is -0.816. The Morgan fingerprint density at radius 2 is 2.07 bits per heavy atom. The van der Waals surface area contributed by atoms with E-state index in [4.69, 9.17) is 0 Å². The molecule has 0 fully saturated rings. The lowest BCUT2D eigenvalue weighted by atomic mass is 9.93. The summed E-state index contributed by atoms with van der Waals surface area (Å²) >= 11 is 0. The number of aliphatic hydroxyl groups is 2. The second kappa shape index (κ2) is 4.28. The molecule has 2 unspecified atom stereocenters. The summed E-state index contributed by atoms with van der Waals surface area (Å²) in [6, 6.07) is 0. The van der Waals surface area contributed by atoms with Crippen molar-refractivity contribution in [1.29, 1.82) is 0 Å². The van der Waals surface area contributed by atoms with Gasteiger partial charge >= 0.3 is 0 Å². The van der Waals surface area contributed by atoms with Crippen molar-refractivity contribution in [2.24, 2.45) is 5.92 Å². The predicted octanol–water partition coefficient (Wildman–Crippen LogP) is 0.738. The van der Waals surface area contributed by atoms with E-state index in [2.05, 4.69) is 10.3 Å². The van der Waals surface area contributed by atoms with Crippen LogP contribution in [0.4, 0.5) is 0 Å². The molecule has 0 radical (unpaired) electrons. The minimum Gasteiger partial charge on any atom is -0.388 e. The van der Waals surface area contributed by atoms with Gasteiger partial charge in [-0.15, -0.1) is 5.10 Å². The molecule has 0 saturated heterocycles. The first-order valence-electron chi connectivity index (χ1n) is 5.13. The third kappa shape index (κ3) is 3.00. The second-order valence-electron chi connectivity index (χ2n) is 4.53. The molecule has 0 aromatic carbocycles. The first kappa shape index (κ1) is 12.1. The topological polar surface area (TPSA) is 71.2 Å². The molecule has 0 spiro atoms. The quantitative estimate of drug-likeness (QED) is 0.773. The Balaban J connectivity index is 2.73. The van der Waals surface area contributed by atoms with Crippen LogP contribution in [0.2, 0.25) is 0 Å². The fourth-order valence-electron chi connectivity index (χ4n) is 1.09. The van der Waals surface area contributed by atoms with Gasteiger partial charge in [0.25, 0.3) is 0 Å². The molecular weight excluding hydrogens is 194 g/mol. The summed E-state index contributed by atoms with van der Waals surface area (Å²) in [6.07, 6.45) is 1.03. The first-order valence-corrected chi connectivity index (χ1v) is 5.13. The van der Waals surface area contributed by atoms with E-state index in [0.29, 0.717) is 12.2 Å². The third-order valence-corrected chi connectivity index (χ3v) is 2.71. The lowest BCUT2D eigenvalue weighted by molar-refractivity contribution is -0.00613. The van der Waals surface area contributed by atoms with Crippen LogP contribution in [-0.2, 0) is 6.54 Å². The Morgan fingerprint density at radius 3 is 2.47 bits per heavy atom. The van der Waals surface area contributed by atoms with Crippen LogP contribution in [-0.4, -0.2) is 30.8 Å². The zero-order valence-corrected chi connectivity index (χ0v) is 9.68. The molecule has 15 heavy (non-hydrogen) atoms. The van der Waals surface area contributed by atoms with Crippen molar-refractivity contribution in [3.05, 3.63) is 11.9 Å². The lowest BCUT2D eigenvalue weighted by Crippen LogP contribution is -2.36. The van der Waals surface area contributed by atoms with E-state index in [1.807, 2.05) is 13.8 Å². The van der Waals surface area contributed by atoms with Crippen LogP contribution in [0, 0.1) is 5.92 Å². The molecule has 1 heterocycles. The Bertz CT molecular complexity index is 318. The van der Waals surface area contributed by atoms with E-state index in [0.717, 1.165) is 0 Å². The summed E-state index contributed by atoms with van der Waals surface area (Å²) < 4.78 is 1.56. The molecule has 2 N–H and O–H groups in total. The zero-order chi connectivity index (χ0) is 11.6. The molecule has 0 aliphatic heterocycles. The summed E-state index contributed by atoms with van der Waals surface area (Å²) in [5.74, 6) is 0.136. The largest absolute Gasteiger partial charge is 0.388 e. The van der Waals surface area contributed by atoms with Crippen molar-refractivity contribution in [3.8, 4) is 0 Å². The van der Waals surface area contributed by atoms with Gasteiger partial charge in [-0.1, -0.05) is 19.1 Å². The summed E-state index contributed by atoms with van der Waals surface area (Å²) in [7, 11) is 0. The normalized spacial score (nSPS) is 17.8. The third-order valence-electron chi connectivity index (χ3n) is 2.71. The van der Waals surface area contributed by atoms with Crippen LogP contribution < -0.4 is 0 Å². The van der Waals surface area contributed by atoms with Crippen molar-refractivity contribution in [3.63, 3.8) is 0 Å². The molecule has 0 aliphatic rings. The predicted molar refractivity (Wildman–Crippen MR) is 56.1 cm³/mol. The van der Waals surface area contributed by atoms with Crippen molar-refractivity contribution >= 4 is 0 Å². The average molecular weight is 213 g/mol. The smallest absolute Gasteiger partial charge is 0.111 e. The summed E-state index contributed by atoms with van der Waals surface area (Å²) in [5, 5.41) is 27.0. The molecule has 86 valence electrons. The Morgan fingerprint density at radius 1 is 1.47 bits per heavy atom. The molecule has 0 bridgehead atoms. The SMILES string of the molecule is CC(O)c1cn(CC(C)(O)C(C)C)nn1. The fraction of sp³-hybridized carbons (Fsp3) is 0.800. The maximum absolute atomic E-state index is 10.0. The van der Waals surface area contributed by atoms with Crippen LogP contribution in [0.1, 0.15) is 39.5 Å². The molecule has 1 aromatic heterocycles. The number of hydrogen-bond acceptors (Lipinski definition) is 4. The highest BCUT2D eigenvalue weighted by Crippen LogP contribution is 2.18. The van der Waals surface area contributed by atoms with Crippen molar-refractivity contribution in [2.75, 3.05) is 0 Å². The van der Waals surface area contributed by atoms with Gasteiger partial charge in [-0.05, 0) is 19.8 Å². The maximum Gasteiger partial charge on any atom is 0.111 e. The number of aromatic nitrogens is 3. The van der Waals surface area contributed by atoms with Gasteiger partial charge in [0.1, 0.15) is 5.69 Å². The average Bonchev–Trinajstić information content (AvgIpc) is 2.51. The van der Waals surface area contributed by atoms with Crippen molar-refractivity contribution < 1.29 is 10.2 Å². The van der Waals surface area contributed by atoms with Crippen molar-refractivity contribution in [1.82, 2.24) is 15.0 Å². The highest BCUT2D eigenvalue weighted by atomic mass is 16.3. The second-order valence-corrected chi connectivity index (χ2v) is 4.53.